The summed E-state index contributed by atoms with van der Waals surface area (Å²) in [6.07, 6.45) is 0. The van der Waals surface area contributed by atoms with Crippen LogP contribution in [0.1, 0.15) is 17.2 Å². The number of hydrogen-bond donors (Lipinski definition) is 2. The Morgan fingerprint density at radius 2 is 1.42 bits per heavy atom. The van der Waals surface area contributed by atoms with E-state index >= 15 is 0 Å². The predicted molar refractivity (Wildman–Crippen MR) is 61.9 cm³/mol. The molecule has 0 heterocycles. The Morgan fingerprint density at radius 3 is 1.89 bits per heavy atom. The highest BCUT2D eigenvalue weighted by Gasteiger charge is 2.21. The molecule has 2 nitrogen and oxygen atoms in total. The minimum atomic E-state index is -1.19. The molecule has 1 unspecified atom stereocenters. The Balaban J connectivity index is 2.56. The molecule has 2 aromatic carbocycles. The molecule has 100 valence electrons. The zero-order valence-corrected chi connectivity index (χ0v) is 9.63. The molecule has 1 atom stereocenters. The van der Waals surface area contributed by atoms with Crippen LogP contribution >= 0.6 is 0 Å². The molecule has 0 aliphatic heterocycles. The zero-order chi connectivity index (χ0) is 14.0. The average molecular weight is 270 g/mol. The molecule has 3 N–H and O–H groups in total. The third-order valence-corrected chi connectivity index (χ3v) is 2.67. The van der Waals surface area contributed by atoms with Gasteiger partial charge in [0.1, 0.15) is 23.3 Å². The van der Waals surface area contributed by atoms with Crippen molar-refractivity contribution >= 4 is 0 Å². The zero-order valence-electron chi connectivity index (χ0n) is 9.63. The Morgan fingerprint density at radius 1 is 0.895 bits per heavy atom. The molecule has 19 heavy (non-hydrogen) atoms. The van der Waals surface area contributed by atoms with Crippen molar-refractivity contribution in [3.63, 3.8) is 0 Å². The number of nitrogens with two attached hydrogens (primary N) is 1. The first kappa shape index (κ1) is 13.5. The van der Waals surface area contributed by atoms with E-state index in [9.17, 15) is 17.6 Å². The lowest BCUT2D eigenvalue weighted by atomic mass is 9.98. The van der Waals surface area contributed by atoms with E-state index in [0.717, 1.165) is 24.3 Å². The third-order valence-electron chi connectivity index (χ3n) is 2.67. The number of benzene rings is 2. The number of halogens is 4. The summed E-state index contributed by atoms with van der Waals surface area (Å²) in [5.41, 5.74) is 1.75. The lowest BCUT2D eigenvalue weighted by molar-refractivity contribution is 0.505. The topological polar surface area (TPSA) is 38.0 Å². The molecule has 0 spiro atoms. The Hall–Kier alpha value is -1.92. The molecule has 0 fully saturated rings. The Kier molecular flexibility index (Phi) is 3.82. The third kappa shape index (κ3) is 2.74. The standard InChI is InChI=1S/C13H10F4N2/c14-8-4-7(5-9(15)6-8)13(19-18)12-10(16)2-1-3-11(12)17/h1-6,13,19H,18H2. The van der Waals surface area contributed by atoms with Crippen LogP contribution in [-0.2, 0) is 0 Å². The number of nitrogens with one attached hydrogen (secondary N) is 1. The van der Waals surface area contributed by atoms with E-state index in [4.69, 9.17) is 5.84 Å². The molecule has 0 radical (unpaired) electrons. The van der Waals surface area contributed by atoms with Crippen molar-refractivity contribution in [1.29, 1.82) is 0 Å². The summed E-state index contributed by atoms with van der Waals surface area (Å²) in [5, 5.41) is 0. The summed E-state index contributed by atoms with van der Waals surface area (Å²) in [6.45, 7) is 0. The van der Waals surface area contributed by atoms with E-state index in [1.807, 2.05) is 0 Å². The summed E-state index contributed by atoms with van der Waals surface area (Å²) in [5.74, 6) is 1.83. The second kappa shape index (κ2) is 5.38. The SMILES string of the molecule is NNC(c1cc(F)cc(F)c1)c1c(F)cccc1F. The van der Waals surface area contributed by atoms with Crippen molar-refractivity contribution in [2.75, 3.05) is 0 Å². The maximum Gasteiger partial charge on any atom is 0.131 e. The van der Waals surface area contributed by atoms with Crippen LogP contribution in [0.3, 0.4) is 0 Å². The molecular formula is C13H10F4N2. The van der Waals surface area contributed by atoms with E-state index in [0.29, 0.717) is 6.07 Å². The van der Waals surface area contributed by atoms with Crippen LogP contribution in [0.4, 0.5) is 17.6 Å². The summed E-state index contributed by atoms with van der Waals surface area (Å²) in [6, 6.07) is 4.66. The highest BCUT2D eigenvalue weighted by Crippen LogP contribution is 2.27. The smallest absolute Gasteiger partial charge is 0.131 e. The van der Waals surface area contributed by atoms with Gasteiger partial charge in [-0.25, -0.2) is 23.0 Å². The molecule has 0 amide bonds. The lowest BCUT2D eigenvalue weighted by Crippen LogP contribution is -2.30. The van der Waals surface area contributed by atoms with Crippen molar-refractivity contribution in [1.82, 2.24) is 5.43 Å². The van der Waals surface area contributed by atoms with Gasteiger partial charge >= 0.3 is 0 Å². The second-order valence-corrected chi connectivity index (χ2v) is 3.94. The van der Waals surface area contributed by atoms with E-state index in [1.54, 1.807) is 0 Å². The molecule has 0 saturated heterocycles. The molecule has 0 aliphatic carbocycles. The highest BCUT2D eigenvalue weighted by molar-refractivity contribution is 5.34. The Bertz CT molecular complexity index is 561. The van der Waals surface area contributed by atoms with Crippen LogP contribution in [0.15, 0.2) is 36.4 Å². The number of rotatable bonds is 3. The van der Waals surface area contributed by atoms with Crippen molar-refractivity contribution < 1.29 is 17.6 Å². The maximum absolute atomic E-state index is 13.7. The van der Waals surface area contributed by atoms with Crippen LogP contribution in [0.25, 0.3) is 0 Å². The van der Waals surface area contributed by atoms with Crippen LogP contribution in [0.5, 0.6) is 0 Å². The Labute approximate surface area is 106 Å². The second-order valence-electron chi connectivity index (χ2n) is 3.94. The van der Waals surface area contributed by atoms with E-state index in [-0.39, 0.29) is 5.56 Å². The molecule has 2 aromatic rings. The van der Waals surface area contributed by atoms with Gasteiger partial charge in [0.2, 0.25) is 0 Å². The van der Waals surface area contributed by atoms with Crippen LogP contribution in [-0.4, -0.2) is 0 Å². The van der Waals surface area contributed by atoms with Gasteiger partial charge in [-0.05, 0) is 29.8 Å². The van der Waals surface area contributed by atoms with Gasteiger partial charge in [0.05, 0.1) is 6.04 Å². The fourth-order valence-corrected chi connectivity index (χ4v) is 1.87. The van der Waals surface area contributed by atoms with Gasteiger partial charge in [-0.3, -0.25) is 5.84 Å². The maximum atomic E-state index is 13.7. The van der Waals surface area contributed by atoms with Gasteiger partial charge in [0, 0.05) is 11.6 Å². The largest absolute Gasteiger partial charge is 0.271 e. The summed E-state index contributed by atoms with van der Waals surface area (Å²) in [4.78, 5) is 0. The van der Waals surface area contributed by atoms with Gasteiger partial charge in [-0.1, -0.05) is 6.07 Å². The molecular weight excluding hydrogens is 260 g/mol. The van der Waals surface area contributed by atoms with Gasteiger partial charge < -0.3 is 0 Å². The van der Waals surface area contributed by atoms with E-state index in [1.165, 1.54) is 6.07 Å². The molecule has 6 heteroatoms. The highest BCUT2D eigenvalue weighted by atomic mass is 19.1. The minimum absolute atomic E-state index is 0.0102. The monoisotopic (exact) mass is 270 g/mol. The van der Waals surface area contributed by atoms with Gasteiger partial charge in [0.15, 0.2) is 0 Å². The average Bonchev–Trinajstić information content (AvgIpc) is 2.32. The summed E-state index contributed by atoms with van der Waals surface area (Å²) in [7, 11) is 0. The normalized spacial score (nSPS) is 12.5. The first-order valence-electron chi connectivity index (χ1n) is 5.39. The first-order chi connectivity index (χ1) is 9.02. The van der Waals surface area contributed by atoms with Crippen molar-refractivity contribution in [2.24, 2.45) is 5.84 Å². The first-order valence-corrected chi connectivity index (χ1v) is 5.39. The summed E-state index contributed by atoms with van der Waals surface area (Å²) < 4.78 is 53.6. The molecule has 0 aliphatic rings. The van der Waals surface area contributed by atoms with E-state index in [2.05, 4.69) is 5.43 Å². The molecule has 0 bridgehead atoms. The lowest BCUT2D eigenvalue weighted by Gasteiger charge is -2.18. The quantitative estimate of drug-likeness (QED) is 0.511. The fourth-order valence-electron chi connectivity index (χ4n) is 1.87. The van der Waals surface area contributed by atoms with E-state index < -0.39 is 34.9 Å². The molecule has 0 aromatic heterocycles. The van der Waals surface area contributed by atoms with Gasteiger partial charge in [-0.15, -0.1) is 0 Å². The molecule has 2 rings (SSSR count). The summed E-state index contributed by atoms with van der Waals surface area (Å²) >= 11 is 0. The minimum Gasteiger partial charge on any atom is -0.271 e. The van der Waals surface area contributed by atoms with Crippen molar-refractivity contribution in [2.45, 2.75) is 6.04 Å². The fraction of sp³-hybridized carbons (Fsp3) is 0.0769. The van der Waals surface area contributed by atoms with Crippen molar-refractivity contribution in [3.05, 3.63) is 70.8 Å². The van der Waals surface area contributed by atoms with Gasteiger partial charge in [-0.2, -0.15) is 0 Å². The van der Waals surface area contributed by atoms with Crippen LogP contribution in [0.2, 0.25) is 0 Å². The number of hydrazine groups is 1. The van der Waals surface area contributed by atoms with Gasteiger partial charge in [0.25, 0.3) is 0 Å². The van der Waals surface area contributed by atoms with Crippen molar-refractivity contribution in [3.8, 4) is 0 Å². The van der Waals surface area contributed by atoms with Crippen LogP contribution < -0.4 is 11.3 Å². The van der Waals surface area contributed by atoms with Crippen LogP contribution in [0, 0.1) is 23.3 Å². The number of hydrogen-bond acceptors (Lipinski definition) is 2. The predicted octanol–water partition coefficient (Wildman–Crippen LogP) is 2.80. The molecule has 0 saturated carbocycles.